The van der Waals surface area contributed by atoms with Crippen molar-refractivity contribution in [3.63, 3.8) is 0 Å². The van der Waals surface area contributed by atoms with Gasteiger partial charge in [0.25, 0.3) is 0 Å². The molecule has 0 N–H and O–H groups in total. The molecule has 1 saturated carbocycles. The van der Waals surface area contributed by atoms with Gasteiger partial charge in [-0.1, -0.05) is 49.0 Å². The van der Waals surface area contributed by atoms with Crippen LogP contribution in [-0.4, -0.2) is 35.8 Å². The molecule has 2 heterocycles. The SMILES string of the molecule is C=CCC1(CCC(C)=CC=CCCC=C[C@@H]2CSC([C@@H]3C[C@@H]3C)=N2)OCCO1. The van der Waals surface area contributed by atoms with Crippen LogP contribution in [0, 0.1) is 11.8 Å². The second-order valence-corrected chi connectivity index (χ2v) is 9.25. The molecule has 0 aromatic rings. The highest BCUT2D eigenvalue weighted by Crippen LogP contribution is 2.44. The molecule has 1 aliphatic carbocycles. The van der Waals surface area contributed by atoms with Crippen LogP contribution in [0.5, 0.6) is 0 Å². The fourth-order valence-electron chi connectivity index (χ4n) is 3.70. The summed E-state index contributed by atoms with van der Waals surface area (Å²) in [6.07, 6.45) is 19.2. The number of hydrogen-bond acceptors (Lipinski definition) is 4. The molecule has 3 nitrogen and oxygen atoms in total. The van der Waals surface area contributed by atoms with Crippen LogP contribution in [0.4, 0.5) is 0 Å². The predicted octanol–water partition coefficient (Wildman–Crippen LogP) is 6.09. The third-order valence-electron chi connectivity index (χ3n) is 5.67. The van der Waals surface area contributed by atoms with E-state index < -0.39 is 5.79 Å². The van der Waals surface area contributed by atoms with Crippen molar-refractivity contribution < 1.29 is 9.47 Å². The number of allylic oxidation sites excluding steroid dienone is 5. The number of hydrogen-bond donors (Lipinski definition) is 0. The first-order chi connectivity index (χ1) is 13.6. The molecule has 0 aromatic carbocycles. The molecule has 3 atom stereocenters. The molecule has 3 aliphatic rings. The van der Waals surface area contributed by atoms with Gasteiger partial charge in [-0.2, -0.15) is 0 Å². The lowest BCUT2D eigenvalue weighted by atomic mass is 10.0. The van der Waals surface area contributed by atoms with Crippen molar-refractivity contribution in [2.24, 2.45) is 16.8 Å². The summed E-state index contributed by atoms with van der Waals surface area (Å²) in [5.41, 5.74) is 1.36. The van der Waals surface area contributed by atoms with Gasteiger partial charge in [-0.25, -0.2) is 0 Å². The average molecular weight is 402 g/mol. The van der Waals surface area contributed by atoms with Gasteiger partial charge in [0.1, 0.15) is 0 Å². The van der Waals surface area contributed by atoms with Gasteiger partial charge in [-0.15, -0.1) is 18.3 Å². The number of aliphatic imine (C=N–C) groups is 1. The Morgan fingerprint density at radius 2 is 2.04 bits per heavy atom. The molecule has 2 fully saturated rings. The largest absolute Gasteiger partial charge is 0.347 e. The van der Waals surface area contributed by atoms with Crippen LogP contribution in [-0.2, 0) is 9.47 Å². The monoisotopic (exact) mass is 401 g/mol. The first-order valence-corrected chi connectivity index (χ1v) is 11.7. The Bertz CT molecular complexity index is 643. The Labute approximate surface area is 175 Å². The predicted molar refractivity (Wildman–Crippen MR) is 121 cm³/mol. The average Bonchev–Trinajstić information content (AvgIpc) is 3.08. The maximum atomic E-state index is 5.81. The Kier molecular flexibility index (Phi) is 8.19. The summed E-state index contributed by atoms with van der Waals surface area (Å²) in [4.78, 5) is 4.87. The Hall–Kier alpha value is -1.10. The van der Waals surface area contributed by atoms with E-state index in [4.69, 9.17) is 14.5 Å². The van der Waals surface area contributed by atoms with E-state index in [9.17, 15) is 0 Å². The van der Waals surface area contributed by atoms with E-state index in [2.05, 4.69) is 50.8 Å². The molecule has 3 rings (SSSR count). The topological polar surface area (TPSA) is 30.8 Å². The maximum Gasteiger partial charge on any atom is 0.172 e. The van der Waals surface area contributed by atoms with Gasteiger partial charge in [0.05, 0.1) is 24.3 Å². The lowest BCUT2D eigenvalue weighted by Crippen LogP contribution is -2.29. The molecule has 1 saturated heterocycles. The van der Waals surface area contributed by atoms with Crippen molar-refractivity contribution in [3.05, 3.63) is 48.6 Å². The van der Waals surface area contributed by atoms with Gasteiger partial charge in [0, 0.05) is 24.5 Å². The molecule has 2 aliphatic heterocycles. The van der Waals surface area contributed by atoms with Crippen molar-refractivity contribution in [2.75, 3.05) is 19.0 Å². The number of unbranched alkanes of at least 4 members (excludes halogenated alkanes) is 1. The summed E-state index contributed by atoms with van der Waals surface area (Å²) in [5, 5.41) is 1.41. The van der Waals surface area contributed by atoms with Crippen LogP contribution in [0.25, 0.3) is 0 Å². The van der Waals surface area contributed by atoms with Crippen molar-refractivity contribution in [1.82, 2.24) is 0 Å². The van der Waals surface area contributed by atoms with Crippen molar-refractivity contribution in [2.45, 2.75) is 64.2 Å². The van der Waals surface area contributed by atoms with E-state index in [0.717, 1.165) is 49.7 Å². The van der Waals surface area contributed by atoms with Crippen molar-refractivity contribution in [1.29, 1.82) is 0 Å². The molecule has 154 valence electrons. The number of nitrogens with zero attached hydrogens (tertiary/aromatic N) is 1. The van der Waals surface area contributed by atoms with Gasteiger partial charge in [0.2, 0.25) is 0 Å². The van der Waals surface area contributed by atoms with E-state index >= 15 is 0 Å². The van der Waals surface area contributed by atoms with Crippen LogP contribution >= 0.6 is 11.8 Å². The molecule has 0 unspecified atom stereocenters. The molecular weight excluding hydrogens is 366 g/mol. The normalized spacial score (nSPS) is 29.7. The minimum absolute atomic E-state index is 0.404. The van der Waals surface area contributed by atoms with Gasteiger partial charge >= 0.3 is 0 Å². The van der Waals surface area contributed by atoms with Crippen LogP contribution in [0.1, 0.15) is 52.4 Å². The van der Waals surface area contributed by atoms with Gasteiger partial charge < -0.3 is 9.47 Å². The summed E-state index contributed by atoms with van der Waals surface area (Å²) in [7, 11) is 0. The smallest absolute Gasteiger partial charge is 0.172 e. The van der Waals surface area contributed by atoms with Crippen molar-refractivity contribution >= 4 is 16.8 Å². The molecule has 0 radical (unpaired) electrons. The van der Waals surface area contributed by atoms with E-state index in [0.29, 0.717) is 19.3 Å². The van der Waals surface area contributed by atoms with E-state index in [-0.39, 0.29) is 0 Å². The summed E-state index contributed by atoms with van der Waals surface area (Å²) in [6, 6.07) is 0.404. The third kappa shape index (κ3) is 6.47. The number of ether oxygens (including phenoxy) is 2. The summed E-state index contributed by atoms with van der Waals surface area (Å²) in [6.45, 7) is 9.71. The second-order valence-electron chi connectivity index (χ2n) is 8.21. The molecule has 0 aromatic heterocycles. The summed E-state index contributed by atoms with van der Waals surface area (Å²) < 4.78 is 11.6. The van der Waals surface area contributed by atoms with E-state index in [1.165, 1.54) is 17.0 Å². The Morgan fingerprint density at radius 1 is 1.29 bits per heavy atom. The zero-order valence-electron chi connectivity index (χ0n) is 17.4. The van der Waals surface area contributed by atoms with Crippen molar-refractivity contribution in [3.8, 4) is 0 Å². The zero-order valence-corrected chi connectivity index (χ0v) is 18.3. The standard InChI is InChI=1S/C24H35NO2S/c1-4-13-24(26-15-16-27-24)14-12-19(2)10-8-6-5-7-9-11-21-18-28-23(25-21)22-17-20(22)3/h4,6,8-11,20-22H,1,5,7,12-18H2,2-3H3/t20-,21+,22+/m0/s1. The lowest BCUT2D eigenvalue weighted by Gasteiger charge is -2.26. The third-order valence-corrected chi connectivity index (χ3v) is 6.88. The van der Waals surface area contributed by atoms with Crippen LogP contribution in [0.2, 0.25) is 0 Å². The molecule has 0 bridgehead atoms. The molecule has 0 amide bonds. The van der Waals surface area contributed by atoms with Crippen LogP contribution in [0.3, 0.4) is 0 Å². The Morgan fingerprint density at radius 3 is 2.75 bits per heavy atom. The van der Waals surface area contributed by atoms with Gasteiger partial charge in [0.15, 0.2) is 5.79 Å². The van der Waals surface area contributed by atoms with Gasteiger partial charge in [-0.05, 0) is 38.5 Å². The zero-order chi connectivity index (χ0) is 19.8. The first-order valence-electron chi connectivity index (χ1n) is 10.7. The van der Waals surface area contributed by atoms with E-state index in [1.807, 2.05) is 17.8 Å². The molecular formula is C24H35NO2S. The fraction of sp³-hybridized carbons (Fsp3) is 0.625. The minimum atomic E-state index is -0.441. The molecule has 0 spiro atoms. The quantitative estimate of drug-likeness (QED) is 0.238. The van der Waals surface area contributed by atoms with Gasteiger partial charge in [-0.3, -0.25) is 4.99 Å². The fourth-order valence-corrected chi connectivity index (χ4v) is 4.98. The minimum Gasteiger partial charge on any atom is -0.347 e. The highest BCUT2D eigenvalue weighted by atomic mass is 32.2. The molecule has 4 heteroatoms. The number of thioether (sulfide) groups is 1. The summed E-state index contributed by atoms with van der Waals surface area (Å²) in [5.74, 6) is 2.33. The second kappa shape index (κ2) is 10.6. The maximum absolute atomic E-state index is 5.81. The Balaban J connectivity index is 1.31. The summed E-state index contributed by atoms with van der Waals surface area (Å²) >= 11 is 1.97. The first kappa shape index (κ1) is 21.6. The number of rotatable bonds is 11. The highest BCUT2D eigenvalue weighted by molar-refractivity contribution is 8.14. The van der Waals surface area contributed by atoms with E-state index in [1.54, 1.807) is 0 Å². The molecule has 28 heavy (non-hydrogen) atoms. The highest BCUT2D eigenvalue weighted by Gasteiger charge is 2.39. The van der Waals surface area contributed by atoms with Crippen LogP contribution < -0.4 is 0 Å². The lowest BCUT2D eigenvalue weighted by molar-refractivity contribution is -0.158. The van der Waals surface area contributed by atoms with Crippen LogP contribution in [0.15, 0.2) is 53.6 Å².